The lowest BCUT2D eigenvalue weighted by atomic mass is 9.96. The molecule has 0 spiro atoms. The second-order valence-corrected chi connectivity index (χ2v) is 7.16. The SMILES string of the molecule is CCOC(=O)c1ccc(-c2ccc(-c3cc(C)cc(C)c3)cc2)cc1CP. The molecule has 1 unspecified atom stereocenters. The Balaban J connectivity index is 1.92. The van der Waals surface area contributed by atoms with Crippen molar-refractivity contribution in [3.8, 4) is 22.3 Å². The normalized spacial score (nSPS) is 10.7. The minimum atomic E-state index is -0.258. The van der Waals surface area contributed by atoms with E-state index in [1.807, 2.05) is 19.1 Å². The molecule has 0 saturated heterocycles. The molecule has 1 atom stereocenters. The van der Waals surface area contributed by atoms with Crippen LogP contribution in [0.4, 0.5) is 0 Å². The number of benzene rings is 3. The van der Waals surface area contributed by atoms with Gasteiger partial charge in [-0.2, -0.15) is 0 Å². The molecule has 0 radical (unpaired) electrons. The molecule has 3 aromatic rings. The highest BCUT2D eigenvalue weighted by molar-refractivity contribution is 7.15. The first-order valence-corrected chi connectivity index (χ1v) is 10.0. The van der Waals surface area contributed by atoms with Crippen LogP contribution in [0.15, 0.2) is 60.7 Å². The first-order valence-electron chi connectivity index (χ1n) is 9.21. The molecule has 0 amide bonds. The van der Waals surface area contributed by atoms with E-state index in [0.717, 1.165) is 16.7 Å². The summed E-state index contributed by atoms with van der Waals surface area (Å²) >= 11 is 0. The molecule has 0 aliphatic rings. The van der Waals surface area contributed by atoms with Crippen LogP contribution in [-0.4, -0.2) is 12.6 Å². The Bertz CT molecular complexity index is 938. The minimum absolute atomic E-state index is 0.258. The van der Waals surface area contributed by atoms with Gasteiger partial charge in [-0.05, 0) is 66.9 Å². The average molecular weight is 376 g/mol. The molecule has 0 aliphatic carbocycles. The van der Waals surface area contributed by atoms with E-state index in [2.05, 4.69) is 71.6 Å². The minimum Gasteiger partial charge on any atom is -0.462 e. The number of ether oxygens (including phenoxy) is 1. The molecule has 27 heavy (non-hydrogen) atoms. The van der Waals surface area contributed by atoms with E-state index < -0.39 is 0 Å². The number of hydrogen-bond donors (Lipinski definition) is 0. The first-order chi connectivity index (χ1) is 13.0. The van der Waals surface area contributed by atoms with Gasteiger partial charge < -0.3 is 4.74 Å². The van der Waals surface area contributed by atoms with E-state index in [-0.39, 0.29) is 5.97 Å². The molecule has 0 fully saturated rings. The number of carbonyl (C=O) groups is 1. The van der Waals surface area contributed by atoms with Crippen LogP contribution < -0.4 is 0 Å². The van der Waals surface area contributed by atoms with Gasteiger partial charge in [0.25, 0.3) is 0 Å². The third kappa shape index (κ3) is 4.46. The van der Waals surface area contributed by atoms with Gasteiger partial charge in [0.05, 0.1) is 12.2 Å². The average Bonchev–Trinajstić information content (AvgIpc) is 2.67. The highest BCUT2D eigenvalue weighted by Crippen LogP contribution is 2.28. The predicted molar refractivity (Wildman–Crippen MR) is 116 cm³/mol. The number of esters is 1. The summed E-state index contributed by atoms with van der Waals surface area (Å²) in [6.45, 7) is 6.46. The molecule has 0 heterocycles. The van der Waals surface area contributed by atoms with Crippen molar-refractivity contribution in [2.75, 3.05) is 6.61 Å². The molecular formula is C24H25O2P. The van der Waals surface area contributed by atoms with Crippen LogP contribution in [0, 0.1) is 13.8 Å². The van der Waals surface area contributed by atoms with Gasteiger partial charge in [0.2, 0.25) is 0 Å². The molecule has 0 aliphatic heterocycles. The lowest BCUT2D eigenvalue weighted by molar-refractivity contribution is 0.0525. The monoisotopic (exact) mass is 376 g/mol. The topological polar surface area (TPSA) is 26.3 Å². The molecule has 0 bridgehead atoms. The van der Waals surface area contributed by atoms with Crippen molar-refractivity contribution in [1.29, 1.82) is 0 Å². The molecule has 0 saturated carbocycles. The Labute approximate surface area is 163 Å². The summed E-state index contributed by atoms with van der Waals surface area (Å²) in [5.74, 6) is -0.258. The van der Waals surface area contributed by atoms with Crippen LogP contribution in [0.1, 0.15) is 34.0 Å². The second-order valence-electron chi connectivity index (χ2n) is 6.75. The van der Waals surface area contributed by atoms with Crippen LogP contribution in [0.2, 0.25) is 0 Å². The first kappa shape index (κ1) is 19.3. The maximum Gasteiger partial charge on any atom is 0.338 e. The molecule has 3 rings (SSSR count). The Morgan fingerprint density at radius 2 is 1.37 bits per heavy atom. The van der Waals surface area contributed by atoms with Crippen LogP contribution in [-0.2, 0) is 10.9 Å². The van der Waals surface area contributed by atoms with Gasteiger partial charge in [-0.1, -0.05) is 59.7 Å². The van der Waals surface area contributed by atoms with Gasteiger partial charge in [-0.25, -0.2) is 4.79 Å². The van der Waals surface area contributed by atoms with Crippen LogP contribution in [0.5, 0.6) is 0 Å². The fourth-order valence-corrected chi connectivity index (χ4v) is 3.68. The van der Waals surface area contributed by atoms with Crippen molar-refractivity contribution in [3.05, 3.63) is 82.9 Å². The Morgan fingerprint density at radius 1 is 0.815 bits per heavy atom. The van der Waals surface area contributed by atoms with Gasteiger partial charge in [-0.3, -0.25) is 0 Å². The summed E-state index contributed by atoms with van der Waals surface area (Å²) in [5, 5.41) is 0. The van der Waals surface area contributed by atoms with E-state index in [9.17, 15) is 4.79 Å². The maximum absolute atomic E-state index is 12.1. The Kier molecular flexibility index (Phi) is 6.08. The van der Waals surface area contributed by atoms with Gasteiger partial charge in [0.15, 0.2) is 0 Å². The van der Waals surface area contributed by atoms with Crippen molar-refractivity contribution >= 4 is 15.2 Å². The Hall–Kier alpha value is -2.44. The van der Waals surface area contributed by atoms with Crippen molar-refractivity contribution < 1.29 is 9.53 Å². The number of hydrogen-bond acceptors (Lipinski definition) is 2. The van der Waals surface area contributed by atoms with Crippen LogP contribution in [0.3, 0.4) is 0 Å². The molecule has 3 aromatic carbocycles. The lowest BCUT2D eigenvalue weighted by Crippen LogP contribution is -2.07. The largest absolute Gasteiger partial charge is 0.462 e. The van der Waals surface area contributed by atoms with Crippen molar-refractivity contribution in [1.82, 2.24) is 0 Å². The number of carbonyl (C=O) groups excluding carboxylic acids is 1. The van der Waals surface area contributed by atoms with E-state index in [0.29, 0.717) is 18.3 Å². The lowest BCUT2D eigenvalue weighted by Gasteiger charge is -2.11. The van der Waals surface area contributed by atoms with Crippen molar-refractivity contribution in [2.45, 2.75) is 26.9 Å². The zero-order valence-electron chi connectivity index (χ0n) is 16.1. The fourth-order valence-electron chi connectivity index (χ4n) is 3.35. The maximum atomic E-state index is 12.1. The van der Waals surface area contributed by atoms with E-state index in [4.69, 9.17) is 4.74 Å². The highest BCUT2D eigenvalue weighted by Gasteiger charge is 2.12. The molecule has 0 N–H and O–H groups in total. The van der Waals surface area contributed by atoms with Gasteiger partial charge in [-0.15, -0.1) is 9.24 Å². The summed E-state index contributed by atoms with van der Waals surface area (Å²) in [6, 6.07) is 21.1. The van der Waals surface area contributed by atoms with Gasteiger partial charge >= 0.3 is 5.97 Å². The smallest absolute Gasteiger partial charge is 0.338 e. The summed E-state index contributed by atoms with van der Waals surface area (Å²) in [6.07, 6.45) is 0.711. The summed E-state index contributed by atoms with van der Waals surface area (Å²) in [4.78, 5) is 12.1. The van der Waals surface area contributed by atoms with Gasteiger partial charge in [0.1, 0.15) is 0 Å². The molecule has 0 aromatic heterocycles. The zero-order chi connectivity index (χ0) is 19.4. The van der Waals surface area contributed by atoms with E-state index in [1.165, 1.54) is 22.3 Å². The van der Waals surface area contributed by atoms with Crippen LogP contribution in [0.25, 0.3) is 22.3 Å². The van der Waals surface area contributed by atoms with Gasteiger partial charge in [0, 0.05) is 0 Å². The molecule has 138 valence electrons. The van der Waals surface area contributed by atoms with E-state index >= 15 is 0 Å². The molecular weight excluding hydrogens is 351 g/mol. The van der Waals surface area contributed by atoms with Crippen molar-refractivity contribution in [2.24, 2.45) is 0 Å². The van der Waals surface area contributed by atoms with Crippen molar-refractivity contribution in [3.63, 3.8) is 0 Å². The molecule has 2 nitrogen and oxygen atoms in total. The number of aryl methyl sites for hydroxylation is 2. The third-order valence-corrected chi connectivity index (χ3v) is 5.03. The predicted octanol–water partition coefficient (Wildman–Crippen LogP) is 6.19. The fraction of sp³-hybridized carbons (Fsp3) is 0.208. The second kappa shape index (κ2) is 8.50. The van der Waals surface area contributed by atoms with Crippen LogP contribution >= 0.6 is 9.24 Å². The third-order valence-electron chi connectivity index (χ3n) is 4.59. The standard InChI is InChI=1S/C24H25O2P/c1-4-26-24(25)23-10-9-20(14-22(23)15-27)18-5-7-19(8-6-18)21-12-16(2)11-17(3)13-21/h5-14H,4,15,27H2,1-3H3. The van der Waals surface area contributed by atoms with E-state index in [1.54, 1.807) is 0 Å². The Morgan fingerprint density at radius 3 is 1.93 bits per heavy atom. The highest BCUT2D eigenvalue weighted by atomic mass is 31.0. The number of rotatable bonds is 5. The molecule has 3 heteroatoms. The quantitative estimate of drug-likeness (QED) is 0.392. The summed E-state index contributed by atoms with van der Waals surface area (Å²) in [5.41, 5.74) is 8.85. The summed E-state index contributed by atoms with van der Waals surface area (Å²) in [7, 11) is 2.69. The summed E-state index contributed by atoms with van der Waals surface area (Å²) < 4.78 is 5.15. The zero-order valence-corrected chi connectivity index (χ0v) is 17.2.